The summed E-state index contributed by atoms with van der Waals surface area (Å²) < 4.78 is 15.2. The Morgan fingerprint density at radius 1 is 1.20 bits per heavy atom. The van der Waals surface area contributed by atoms with E-state index in [1.807, 2.05) is 0 Å². The number of hydrogen-bond acceptors (Lipinski definition) is 5. The minimum Gasteiger partial charge on any atom is -0.497 e. The van der Waals surface area contributed by atoms with E-state index in [0.29, 0.717) is 35.9 Å². The van der Waals surface area contributed by atoms with E-state index in [9.17, 15) is 4.79 Å². The van der Waals surface area contributed by atoms with Crippen LogP contribution < -0.4 is 20.5 Å². The summed E-state index contributed by atoms with van der Waals surface area (Å²) >= 11 is 0. The van der Waals surface area contributed by atoms with Crippen molar-refractivity contribution in [2.45, 2.75) is 12.8 Å². The quantitative estimate of drug-likeness (QED) is 0.557. The van der Waals surface area contributed by atoms with Crippen molar-refractivity contribution in [3.8, 4) is 11.5 Å². The van der Waals surface area contributed by atoms with Gasteiger partial charge in [-0.05, 0) is 18.9 Å². The maximum atomic E-state index is 12.1. The number of anilines is 1. The molecule has 20 heavy (non-hydrogen) atoms. The van der Waals surface area contributed by atoms with Crippen molar-refractivity contribution in [1.82, 2.24) is 5.32 Å². The molecule has 0 aliphatic heterocycles. The van der Waals surface area contributed by atoms with Crippen LogP contribution in [0.25, 0.3) is 0 Å². The monoisotopic (exact) mass is 282 g/mol. The van der Waals surface area contributed by atoms with E-state index in [4.69, 9.17) is 19.9 Å². The van der Waals surface area contributed by atoms with Gasteiger partial charge >= 0.3 is 0 Å². The average molecular weight is 282 g/mol. The van der Waals surface area contributed by atoms with Gasteiger partial charge < -0.3 is 25.3 Å². The van der Waals surface area contributed by atoms with Gasteiger partial charge in [0.1, 0.15) is 11.5 Å². The van der Waals surface area contributed by atoms with Crippen LogP contribution in [-0.4, -0.2) is 40.4 Å². The number of hydrogen-bond donors (Lipinski definition) is 2. The van der Waals surface area contributed by atoms with E-state index in [2.05, 4.69) is 5.32 Å². The highest BCUT2D eigenvalue weighted by molar-refractivity contribution is 6.00. The summed E-state index contributed by atoms with van der Waals surface area (Å²) in [6.07, 6.45) is 1.74. The van der Waals surface area contributed by atoms with Crippen LogP contribution in [0, 0.1) is 0 Å². The zero-order valence-electron chi connectivity index (χ0n) is 12.2. The maximum Gasteiger partial charge on any atom is 0.253 e. The molecule has 112 valence electrons. The van der Waals surface area contributed by atoms with Gasteiger partial charge in [-0.25, -0.2) is 0 Å². The van der Waals surface area contributed by atoms with Gasteiger partial charge in [-0.15, -0.1) is 0 Å². The van der Waals surface area contributed by atoms with Crippen molar-refractivity contribution >= 4 is 11.6 Å². The highest BCUT2D eigenvalue weighted by atomic mass is 16.5. The summed E-state index contributed by atoms with van der Waals surface area (Å²) in [5.41, 5.74) is 6.57. The molecule has 0 fully saturated rings. The predicted molar refractivity (Wildman–Crippen MR) is 77.4 cm³/mol. The van der Waals surface area contributed by atoms with Crippen LogP contribution in [-0.2, 0) is 4.74 Å². The van der Waals surface area contributed by atoms with Gasteiger partial charge in [-0.3, -0.25) is 4.79 Å². The van der Waals surface area contributed by atoms with Gasteiger partial charge in [0, 0.05) is 26.3 Å². The number of nitrogen functional groups attached to an aromatic ring is 1. The number of carbonyl (C=O) groups excluding carboxylic acids is 1. The van der Waals surface area contributed by atoms with Crippen LogP contribution in [0.5, 0.6) is 11.5 Å². The lowest BCUT2D eigenvalue weighted by atomic mass is 10.1. The number of amides is 1. The lowest BCUT2D eigenvalue weighted by molar-refractivity contribution is 0.0951. The Morgan fingerprint density at radius 2 is 1.95 bits per heavy atom. The first kappa shape index (κ1) is 16.1. The molecule has 0 saturated heterocycles. The van der Waals surface area contributed by atoms with Gasteiger partial charge in [0.15, 0.2) is 0 Å². The molecule has 0 spiro atoms. The molecule has 0 saturated carbocycles. The number of unbranched alkanes of at least 4 members (excludes halogenated alkanes) is 1. The molecule has 0 aliphatic rings. The third-order valence-electron chi connectivity index (χ3n) is 2.88. The van der Waals surface area contributed by atoms with E-state index in [0.717, 1.165) is 12.8 Å². The van der Waals surface area contributed by atoms with Crippen molar-refractivity contribution in [3.05, 3.63) is 17.7 Å². The minimum atomic E-state index is -0.239. The van der Waals surface area contributed by atoms with Gasteiger partial charge in [0.25, 0.3) is 5.91 Å². The van der Waals surface area contributed by atoms with E-state index in [-0.39, 0.29) is 5.91 Å². The standard InChI is InChI=1S/C14H22N2O4/c1-18-7-5-4-6-16-14(17)11-8-10(19-2)9-12(20-3)13(11)15/h8-9H,4-7,15H2,1-3H3,(H,16,17). The minimum absolute atomic E-state index is 0.239. The van der Waals surface area contributed by atoms with Crippen LogP contribution in [0.4, 0.5) is 5.69 Å². The summed E-state index contributed by atoms with van der Waals surface area (Å²) in [4.78, 5) is 12.1. The third-order valence-corrected chi connectivity index (χ3v) is 2.88. The molecule has 0 unspecified atom stereocenters. The fourth-order valence-corrected chi connectivity index (χ4v) is 1.74. The van der Waals surface area contributed by atoms with E-state index in [1.165, 1.54) is 14.2 Å². The Balaban J connectivity index is 2.71. The van der Waals surface area contributed by atoms with E-state index in [1.54, 1.807) is 19.2 Å². The summed E-state index contributed by atoms with van der Waals surface area (Å²) in [5, 5.41) is 2.82. The smallest absolute Gasteiger partial charge is 0.253 e. The molecule has 6 nitrogen and oxygen atoms in total. The Bertz CT molecular complexity index is 449. The summed E-state index contributed by atoms with van der Waals surface area (Å²) in [7, 11) is 4.68. The second-order valence-corrected chi connectivity index (χ2v) is 4.25. The lowest BCUT2D eigenvalue weighted by Gasteiger charge is -2.12. The molecule has 1 amide bonds. The van der Waals surface area contributed by atoms with Crippen molar-refractivity contribution in [1.29, 1.82) is 0 Å². The molecule has 6 heteroatoms. The van der Waals surface area contributed by atoms with E-state index < -0.39 is 0 Å². The molecule has 0 radical (unpaired) electrons. The molecular weight excluding hydrogens is 260 g/mol. The number of rotatable bonds is 8. The Labute approximate surface area is 119 Å². The molecule has 3 N–H and O–H groups in total. The van der Waals surface area contributed by atoms with Crippen molar-refractivity contribution in [3.63, 3.8) is 0 Å². The Hall–Kier alpha value is -1.95. The number of ether oxygens (including phenoxy) is 3. The average Bonchev–Trinajstić information content (AvgIpc) is 2.47. The predicted octanol–water partition coefficient (Wildman–Crippen LogP) is 1.44. The maximum absolute atomic E-state index is 12.1. The topological polar surface area (TPSA) is 82.8 Å². The molecule has 0 aliphatic carbocycles. The Morgan fingerprint density at radius 3 is 2.55 bits per heavy atom. The lowest BCUT2D eigenvalue weighted by Crippen LogP contribution is -2.25. The number of carbonyl (C=O) groups is 1. The van der Waals surface area contributed by atoms with Crippen LogP contribution in [0.2, 0.25) is 0 Å². The van der Waals surface area contributed by atoms with Gasteiger partial charge in [-0.1, -0.05) is 0 Å². The summed E-state index contributed by atoms with van der Waals surface area (Å²) in [5.74, 6) is 0.714. The molecular formula is C14H22N2O4. The number of benzene rings is 1. The number of nitrogens with two attached hydrogens (primary N) is 1. The van der Waals surface area contributed by atoms with Crippen molar-refractivity contribution < 1.29 is 19.0 Å². The Kier molecular flexibility index (Phi) is 6.66. The first-order valence-corrected chi connectivity index (χ1v) is 6.42. The molecule has 0 aromatic heterocycles. The molecule has 0 bridgehead atoms. The first-order valence-electron chi connectivity index (χ1n) is 6.42. The van der Waals surface area contributed by atoms with Crippen molar-refractivity contribution in [2.24, 2.45) is 0 Å². The van der Waals surface area contributed by atoms with Gasteiger partial charge in [0.05, 0.1) is 25.5 Å². The van der Waals surface area contributed by atoms with Gasteiger partial charge in [0.2, 0.25) is 0 Å². The molecule has 1 aromatic carbocycles. The second-order valence-electron chi connectivity index (χ2n) is 4.25. The summed E-state index contributed by atoms with van der Waals surface area (Å²) in [6, 6.07) is 3.24. The van der Waals surface area contributed by atoms with Crippen LogP contribution in [0.3, 0.4) is 0 Å². The molecule has 0 atom stereocenters. The molecule has 1 aromatic rings. The highest BCUT2D eigenvalue weighted by Gasteiger charge is 2.15. The first-order chi connectivity index (χ1) is 9.63. The van der Waals surface area contributed by atoms with Crippen LogP contribution in [0.15, 0.2) is 12.1 Å². The van der Waals surface area contributed by atoms with Crippen molar-refractivity contribution in [2.75, 3.05) is 40.2 Å². The van der Waals surface area contributed by atoms with Gasteiger partial charge in [-0.2, -0.15) is 0 Å². The molecule has 0 heterocycles. The highest BCUT2D eigenvalue weighted by Crippen LogP contribution is 2.30. The normalized spacial score (nSPS) is 10.2. The van der Waals surface area contributed by atoms with E-state index >= 15 is 0 Å². The SMILES string of the molecule is COCCCCNC(=O)c1cc(OC)cc(OC)c1N. The fourth-order valence-electron chi connectivity index (χ4n) is 1.74. The zero-order chi connectivity index (χ0) is 15.0. The third kappa shape index (κ3) is 4.31. The summed E-state index contributed by atoms with van der Waals surface area (Å²) in [6.45, 7) is 1.26. The van der Waals surface area contributed by atoms with Crippen LogP contribution >= 0.6 is 0 Å². The van der Waals surface area contributed by atoms with Crippen LogP contribution in [0.1, 0.15) is 23.2 Å². The number of nitrogens with one attached hydrogen (secondary N) is 1. The largest absolute Gasteiger partial charge is 0.497 e. The molecule has 1 rings (SSSR count). The number of methoxy groups -OCH3 is 3. The fraction of sp³-hybridized carbons (Fsp3) is 0.500. The second kappa shape index (κ2) is 8.27. The zero-order valence-corrected chi connectivity index (χ0v) is 12.2.